The van der Waals surface area contributed by atoms with E-state index >= 15 is 0 Å². The molecular weight excluding hydrogens is 558 g/mol. The largest absolute Gasteiger partial charge is 0.352 e. The van der Waals surface area contributed by atoms with Crippen molar-refractivity contribution in [1.29, 1.82) is 0 Å². The average molecular weight is 598 g/mol. The van der Waals surface area contributed by atoms with Gasteiger partial charge in [0.15, 0.2) is 0 Å². The molecule has 0 aliphatic carbocycles. The SMILES string of the molecule is Cc1cccc(N(CCCC(=O)N(Cc2ccc(Cl)cc2)C(Cc2ccccc2)C(=O)NC(C)C)S(C)(=O)=O)c1C. The van der Waals surface area contributed by atoms with Gasteiger partial charge in [-0.2, -0.15) is 0 Å². The number of anilines is 1. The highest BCUT2D eigenvalue weighted by molar-refractivity contribution is 7.92. The van der Waals surface area contributed by atoms with Crippen molar-refractivity contribution in [3.8, 4) is 0 Å². The molecule has 1 N–H and O–H groups in total. The van der Waals surface area contributed by atoms with E-state index in [-0.39, 0.29) is 37.4 Å². The van der Waals surface area contributed by atoms with E-state index in [4.69, 9.17) is 11.6 Å². The van der Waals surface area contributed by atoms with E-state index in [1.54, 1.807) is 23.1 Å². The number of amides is 2. The van der Waals surface area contributed by atoms with E-state index in [2.05, 4.69) is 5.32 Å². The quantitative estimate of drug-likeness (QED) is 0.275. The zero-order valence-corrected chi connectivity index (χ0v) is 26.0. The van der Waals surface area contributed by atoms with E-state index < -0.39 is 16.1 Å². The fraction of sp³-hybridized carbons (Fsp3) is 0.375. The molecule has 0 radical (unpaired) electrons. The summed E-state index contributed by atoms with van der Waals surface area (Å²) >= 11 is 6.10. The lowest BCUT2D eigenvalue weighted by Crippen LogP contribution is -2.51. The first kappa shape index (κ1) is 32.2. The number of halogens is 1. The highest BCUT2D eigenvalue weighted by atomic mass is 35.5. The lowest BCUT2D eigenvalue weighted by molar-refractivity contribution is -0.141. The minimum Gasteiger partial charge on any atom is -0.352 e. The minimum atomic E-state index is -3.58. The molecule has 0 saturated heterocycles. The molecule has 0 fully saturated rings. The number of sulfonamides is 1. The van der Waals surface area contributed by atoms with Crippen LogP contribution in [-0.4, -0.2) is 50.0 Å². The number of aryl methyl sites for hydroxylation is 1. The third-order valence-corrected chi connectivity index (χ3v) is 8.40. The summed E-state index contributed by atoms with van der Waals surface area (Å²) in [4.78, 5) is 29.0. The molecule has 0 bridgehead atoms. The number of carbonyl (C=O) groups excluding carboxylic acids is 2. The van der Waals surface area contributed by atoms with Crippen LogP contribution < -0.4 is 9.62 Å². The predicted octanol–water partition coefficient (Wildman–Crippen LogP) is 5.67. The maximum Gasteiger partial charge on any atom is 0.243 e. The second kappa shape index (κ2) is 14.5. The molecule has 3 rings (SSSR count). The zero-order chi connectivity index (χ0) is 30.2. The van der Waals surface area contributed by atoms with E-state index in [0.717, 1.165) is 22.3 Å². The van der Waals surface area contributed by atoms with Crippen LogP contribution in [0.2, 0.25) is 5.02 Å². The molecule has 0 spiro atoms. The van der Waals surface area contributed by atoms with Gasteiger partial charge < -0.3 is 10.2 Å². The normalized spacial score (nSPS) is 12.2. The van der Waals surface area contributed by atoms with Crippen LogP contribution in [0.3, 0.4) is 0 Å². The highest BCUT2D eigenvalue weighted by Crippen LogP contribution is 2.26. The molecule has 2 amide bonds. The molecule has 0 aromatic heterocycles. The molecule has 0 aliphatic rings. The molecule has 7 nitrogen and oxygen atoms in total. The van der Waals surface area contributed by atoms with Crippen LogP contribution in [0.4, 0.5) is 5.69 Å². The molecule has 9 heteroatoms. The molecule has 1 unspecified atom stereocenters. The first-order valence-electron chi connectivity index (χ1n) is 13.8. The standard InChI is InChI=1S/C32H40ClN3O4S/c1-23(2)34-32(38)30(21-26-12-7-6-8-13-26)35(22-27-16-18-28(33)19-17-27)31(37)15-10-20-36(41(5,39)40)29-14-9-11-24(3)25(29)4/h6-9,11-14,16-19,23,30H,10,15,20-22H2,1-5H3,(H,34,38). The Morgan fingerprint density at radius 3 is 2.17 bits per heavy atom. The van der Waals surface area contributed by atoms with Gasteiger partial charge in [0.2, 0.25) is 21.8 Å². The number of nitrogens with zero attached hydrogens (tertiary/aromatic N) is 2. The van der Waals surface area contributed by atoms with Crippen LogP contribution in [0.5, 0.6) is 0 Å². The summed E-state index contributed by atoms with van der Waals surface area (Å²) < 4.78 is 26.8. The average Bonchev–Trinajstić information content (AvgIpc) is 2.91. The van der Waals surface area contributed by atoms with Crippen molar-refractivity contribution >= 4 is 39.1 Å². The van der Waals surface area contributed by atoms with Crippen LogP contribution in [0.15, 0.2) is 72.8 Å². The number of benzene rings is 3. The molecule has 0 heterocycles. The van der Waals surface area contributed by atoms with E-state index in [9.17, 15) is 18.0 Å². The topological polar surface area (TPSA) is 86.8 Å². The third-order valence-electron chi connectivity index (χ3n) is 6.97. The Hall–Kier alpha value is -3.36. The van der Waals surface area contributed by atoms with Crippen molar-refractivity contribution in [3.63, 3.8) is 0 Å². The van der Waals surface area contributed by atoms with Crippen LogP contribution in [0.25, 0.3) is 0 Å². The Morgan fingerprint density at radius 1 is 0.902 bits per heavy atom. The Labute approximate surface area is 249 Å². The number of hydrogen-bond donors (Lipinski definition) is 1. The van der Waals surface area contributed by atoms with Gasteiger partial charge in [0.25, 0.3) is 0 Å². The highest BCUT2D eigenvalue weighted by Gasteiger charge is 2.31. The van der Waals surface area contributed by atoms with Crippen LogP contribution in [0, 0.1) is 13.8 Å². The lowest BCUT2D eigenvalue weighted by atomic mass is 10.0. The van der Waals surface area contributed by atoms with Gasteiger partial charge in [0.1, 0.15) is 6.04 Å². The first-order valence-corrected chi connectivity index (χ1v) is 16.0. The molecule has 1 atom stereocenters. The van der Waals surface area contributed by atoms with Gasteiger partial charge in [0.05, 0.1) is 11.9 Å². The van der Waals surface area contributed by atoms with Crippen LogP contribution in [0.1, 0.15) is 48.9 Å². The van der Waals surface area contributed by atoms with Gasteiger partial charge in [-0.25, -0.2) is 8.42 Å². The van der Waals surface area contributed by atoms with E-state index in [0.29, 0.717) is 23.6 Å². The summed E-state index contributed by atoms with van der Waals surface area (Å²) in [7, 11) is -3.58. The molecular formula is C32H40ClN3O4S. The zero-order valence-electron chi connectivity index (χ0n) is 24.4. The van der Waals surface area contributed by atoms with Gasteiger partial charge >= 0.3 is 0 Å². The maximum absolute atomic E-state index is 13.9. The fourth-order valence-corrected chi connectivity index (χ4v) is 5.85. The summed E-state index contributed by atoms with van der Waals surface area (Å²) in [6.07, 6.45) is 1.89. The van der Waals surface area contributed by atoms with Gasteiger partial charge in [-0.15, -0.1) is 0 Å². The van der Waals surface area contributed by atoms with Crippen molar-refractivity contribution in [3.05, 3.63) is 100 Å². The molecule has 41 heavy (non-hydrogen) atoms. The maximum atomic E-state index is 13.9. The molecule has 0 aliphatic heterocycles. The van der Waals surface area contributed by atoms with Crippen molar-refractivity contribution in [2.75, 3.05) is 17.1 Å². The molecule has 0 saturated carbocycles. The molecule has 3 aromatic rings. The van der Waals surface area contributed by atoms with Gasteiger partial charge in [-0.1, -0.05) is 66.2 Å². The Balaban J connectivity index is 1.89. The lowest BCUT2D eigenvalue weighted by Gasteiger charge is -2.32. The Morgan fingerprint density at radius 2 is 1.56 bits per heavy atom. The number of hydrogen-bond acceptors (Lipinski definition) is 4. The summed E-state index contributed by atoms with van der Waals surface area (Å²) in [6.45, 7) is 7.96. The van der Waals surface area contributed by atoms with E-state index in [1.165, 1.54) is 10.6 Å². The number of rotatable bonds is 13. The van der Waals surface area contributed by atoms with E-state index in [1.807, 2.05) is 82.3 Å². The number of carbonyl (C=O) groups is 2. The van der Waals surface area contributed by atoms with Crippen molar-refractivity contribution in [2.45, 2.75) is 65.6 Å². The summed E-state index contributed by atoms with van der Waals surface area (Å²) in [5.41, 5.74) is 4.24. The minimum absolute atomic E-state index is 0.0741. The predicted molar refractivity (Wildman–Crippen MR) is 167 cm³/mol. The summed E-state index contributed by atoms with van der Waals surface area (Å²) in [5.74, 6) is -0.464. The second-order valence-electron chi connectivity index (χ2n) is 10.7. The molecule has 220 valence electrons. The van der Waals surface area contributed by atoms with Gasteiger partial charge in [-0.05, 0) is 74.6 Å². The molecule has 3 aromatic carbocycles. The fourth-order valence-electron chi connectivity index (χ4n) is 4.71. The monoisotopic (exact) mass is 597 g/mol. The van der Waals surface area contributed by atoms with Crippen LogP contribution in [-0.2, 0) is 32.6 Å². The summed E-state index contributed by atoms with van der Waals surface area (Å²) in [6, 6.07) is 21.5. The van der Waals surface area contributed by atoms with Crippen molar-refractivity contribution in [2.24, 2.45) is 0 Å². The second-order valence-corrected chi connectivity index (χ2v) is 13.0. The van der Waals surface area contributed by atoms with Gasteiger partial charge in [-0.3, -0.25) is 13.9 Å². The third kappa shape index (κ3) is 9.33. The Kier molecular flexibility index (Phi) is 11.4. The van der Waals surface area contributed by atoms with Crippen LogP contribution >= 0.6 is 11.6 Å². The Bertz CT molecular complexity index is 1430. The first-order chi connectivity index (χ1) is 19.4. The van der Waals surface area contributed by atoms with Crippen molar-refractivity contribution in [1.82, 2.24) is 10.2 Å². The van der Waals surface area contributed by atoms with Crippen molar-refractivity contribution < 1.29 is 18.0 Å². The smallest absolute Gasteiger partial charge is 0.243 e. The summed E-state index contributed by atoms with van der Waals surface area (Å²) in [5, 5.41) is 3.56. The van der Waals surface area contributed by atoms with Gasteiger partial charge in [0, 0.05) is 37.0 Å². The number of nitrogens with one attached hydrogen (secondary N) is 1.